The second-order valence-corrected chi connectivity index (χ2v) is 3.28. The van der Waals surface area contributed by atoms with Gasteiger partial charge in [0.25, 0.3) is 0 Å². The molecule has 0 atom stereocenters. The van der Waals surface area contributed by atoms with Crippen molar-refractivity contribution in [3.63, 3.8) is 0 Å². The fraction of sp³-hybridized carbons (Fsp3) is 0.250. The molecule has 0 saturated heterocycles. The van der Waals surface area contributed by atoms with Crippen LogP contribution < -0.4 is 15.5 Å². The molecule has 0 bridgehead atoms. The minimum atomic E-state index is -0.806. The number of likely N-dealkylation sites (N-methyl/N-ethyl adjacent to an activating group) is 1. The van der Waals surface area contributed by atoms with Crippen LogP contribution in [0.3, 0.4) is 0 Å². The number of hydrogen-bond acceptors (Lipinski definition) is 4. The summed E-state index contributed by atoms with van der Waals surface area (Å²) in [6.45, 7) is 2.51. The summed E-state index contributed by atoms with van der Waals surface area (Å²) in [7, 11) is 1.37. The van der Waals surface area contributed by atoms with Gasteiger partial charge in [-0.2, -0.15) is 5.10 Å². The third-order valence-electron chi connectivity index (χ3n) is 2.00. The average Bonchev–Trinajstić information content (AvgIpc) is 2.40. The van der Waals surface area contributed by atoms with Crippen LogP contribution in [0.2, 0.25) is 0 Å². The van der Waals surface area contributed by atoms with Crippen LogP contribution in [-0.4, -0.2) is 31.7 Å². The van der Waals surface area contributed by atoms with Gasteiger partial charge in [0.15, 0.2) is 0 Å². The first kappa shape index (κ1) is 13.7. The highest BCUT2D eigenvalue weighted by Gasteiger charge is 2.08. The van der Waals surface area contributed by atoms with Gasteiger partial charge in [0.2, 0.25) is 0 Å². The molecule has 1 aromatic carbocycles. The first-order valence-corrected chi connectivity index (χ1v) is 5.45. The van der Waals surface area contributed by atoms with Gasteiger partial charge in [-0.1, -0.05) is 0 Å². The minimum Gasteiger partial charge on any atom is -0.494 e. The molecule has 18 heavy (non-hydrogen) atoms. The van der Waals surface area contributed by atoms with Crippen LogP contribution in [0.15, 0.2) is 29.4 Å². The molecule has 6 nitrogen and oxygen atoms in total. The second kappa shape index (κ2) is 7.05. The van der Waals surface area contributed by atoms with Crippen LogP contribution in [0, 0.1) is 0 Å². The van der Waals surface area contributed by atoms with Gasteiger partial charge in [0, 0.05) is 7.05 Å². The van der Waals surface area contributed by atoms with E-state index in [0.29, 0.717) is 6.61 Å². The average molecular weight is 249 g/mol. The molecule has 0 heterocycles. The van der Waals surface area contributed by atoms with Crippen LogP contribution in [0.4, 0.5) is 0 Å². The first-order valence-electron chi connectivity index (χ1n) is 5.45. The summed E-state index contributed by atoms with van der Waals surface area (Å²) in [6.07, 6.45) is 1.44. The van der Waals surface area contributed by atoms with E-state index in [0.717, 1.165) is 11.3 Å². The minimum absolute atomic E-state index is 0.607. The van der Waals surface area contributed by atoms with Crippen molar-refractivity contribution in [1.29, 1.82) is 0 Å². The molecule has 1 rings (SSSR count). The van der Waals surface area contributed by atoms with Gasteiger partial charge in [0.1, 0.15) is 5.75 Å². The predicted octanol–water partition coefficient (Wildman–Crippen LogP) is 0.281. The zero-order valence-electron chi connectivity index (χ0n) is 10.3. The Bertz CT molecular complexity index is 440. The molecule has 96 valence electrons. The molecule has 2 N–H and O–H groups in total. The Kier molecular flexibility index (Phi) is 5.37. The van der Waals surface area contributed by atoms with Gasteiger partial charge in [-0.25, -0.2) is 5.43 Å². The molecular weight excluding hydrogens is 234 g/mol. The summed E-state index contributed by atoms with van der Waals surface area (Å²) in [5.41, 5.74) is 2.90. The summed E-state index contributed by atoms with van der Waals surface area (Å²) < 4.78 is 5.28. The first-order chi connectivity index (χ1) is 8.67. The normalized spacial score (nSPS) is 10.1. The third-order valence-corrected chi connectivity index (χ3v) is 2.00. The smallest absolute Gasteiger partial charge is 0.329 e. The van der Waals surface area contributed by atoms with Gasteiger partial charge in [0.05, 0.1) is 12.8 Å². The second-order valence-electron chi connectivity index (χ2n) is 3.28. The molecule has 1 aromatic rings. The number of carbonyl (C=O) groups is 2. The van der Waals surface area contributed by atoms with Gasteiger partial charge < -0.3 is 10.1 Å². The van der Waals surface area contributed by atoms with Gasteiger partial charge in [-0.15, -0.1) is 0 Å². The number of rotatable bonds is 4. The highest BCUT2D eigenvalue weighted by Crippen LogP contribution is 2.10. The molecule has 0 unspecified atom stereocenters. The number of hydrazone groups is 1. The summed E-state index contributed by atoms with van der Waals surface area (Å²) >= 11 is 0. The van der Waals surface area contributed by atoms with Crippen LogP contribution in [0.5, 0.6) is 5.75 Å². The van der Waals surface area contributed by atoms with Crippen molar-refractivity contribution in [2.24, 2.45) is 5.10 Å². The maximum absolute atomic E-state index is 11.0. The molecule has 0 aliphatic heterocycles. The number of benzene rings is 1. The lowest BCUT2D eigenvalue weighted by Crippen LogP contribution is -2.35. The monoisotopic (exact) mass is 249 g/mol. The molecule has 0 saturated carbocycles. The lowest BCUT2D eigenvalue weighted by atomic mass is 10.2. The largest absolute Gasteiger partial charge is 0.494 e. The standard InChI is InChI=1S/C12H15N3O3/c1-3-18-10-6-4-9(5-7-10)8-14-15-12(17)11(16)13-2/h4-8H,3H2,1-2H3,(H,13,16)(H,15,17)/b14-8+. The summed E-state index contributed by atoms with van der Waals surface area (Å²) in [5.74, 6) is -0.775. The fourth-order valence-corrected chi connectivity index (χ4v) is 1.15. The molecular formula is C12H15N3O3. The molecule has 0 radical (unpaired) electrons. The highest BCUT2D eigenvalue weighted by atomic mass is 16.5. The topological polar surface area (TPSA) is 79.8 Å². The number of amides is 2. The van der Waals surface area contributed by atoms with Crippen LogP contribution >= 0.6 is 0 Å². The zero-order valence-corrected chi connectivity index (χ0v) is 10.3. The van der Waals surface area contributed by atoms with Gasteiger partial charge >= 0.3 is 11.8 Å². The van der Waals surface area contributed by atoms with E-state index in [9.17, 15) is 9.59 Å². The summed E-state index contributed by atoms with van der Waals surface area (Å²) in [5, 5.41) is 5.85. The van der Waals surface area contributed by atoms with Gasteiger partial charge in [-0.05, 0) is 36.8 Å². The van der Waals surface area contributed by atoms with Crippen molar-refractivity contribution >= 4 is 18.0 Å². The molecule has 0 fully saturated rings. The van der Waals surface area contributed by atoms with Crippen LogP contribution in [0.1, 0.15) is 12.5 Å². The number of nitrogens with one attached hydrogen (secondary N) is 2. The molecule has 0 aliphatic rings. The van der Waals surface area contributed by atoms with E-state index in [1.165, 1.54) is 13.3 Å². The van der Waals surface area contributed by atoms with Crippen molar-refractivity contribution in [3.05, 3.63) is 29.8 Å². The highest BCUT2D eigenvalue weighted by molar-refractivity contribution is 6.34. The van der Waals surface area contributed by atoms with E-state index in [2.05, 4.69) is 15.8 Å². The predicted molar refractivity (Wildman–Crippen MR) is 67.4 cm³/mol. The Morgan fingerprint density at radius 1 is 1.28 bits per heavy atom. The lowest BCUT2D eigenvalue weighted by Gasteiger charge is -2.02. The molecule has 2 amide bonds. The molecule has 0 aromatic heterocycles. The van der Waals surface area contributed by atoms with E-state index < -0.39 is 11.8 Å². The maximum Gasteiger partial charge on any atom is 0.329 e. The van der Waals surface area contributed by atoms with Crippen molar-refractivity contribution < 1.29 is 14.3 Å². The molecule has 0 aliphatic carbocycles. The number of nitrogens with zero attached hydrogens (tertiary/aromatic N) is 1. The lowest BCUT2D eigenvalue weighted by molar-refractivity contribution is -0.138. The number of ether oxygens (including phenoxy) is 1. The van der Waals surface area contributed by atoms with Crippen molar-refractivity contribution in [2.45, 2.75) is 6.92 Å². The van der Waals surface area contributed by atoms with Crippen LogP contribution in [0.25, 0.3) is 0 Å². The molecule has 0 spiro atoms. The quantitative estimate of drug-likeness (QED) is 0.457. The van der Waals surface area contributed by atoms with E-state index in [1.54, 1.807) is 24.3 Å². The summed E-state index contributed by atoms with van der Waals surface area (Å²) in [4.78, 5) is 21.9. The van der Waals surface area contributed by atoms with E-state index in [1.807, 2.05) is 6.92 Å². The van der Waals surface area contributed by atoms with Crippen LogP contribution in [-0.2, 0) is 9.59 Å². The number of carbonyl (C=O) groups excluding carboxylic acids is 2. The van der Waals surface area contributed by atoms with E-state index in [-0.39, 0.29) is 0 Å². The van der Waals surface area contributed by atoms with E-state index >= 15 is 0 Å². The van der Waals surface area contributed by atoms with Crippen molar-refractivity contribution in [3.8, 4) is 5.75 Å². The van der Waals surface area contributed by atoms with Gasteiger partial charge in [-0.3, -0.25) is 9.59 Å². The maximum atomic E-state index is 11.0. The fourth-order valence-electron chi connectivity index (χ4n) is 1.15. The number of hydrogen-bond donors (Lipinski definition) is 2. The zero-order chi connectivity index (χ0) is 13.4. The van der Waals surface area contributed by atoms with Crippen molar-refractivity contribution in [2.75, 3.05) is 13.7 Å². The van der Waals surface area contributed by atoms with E-state index in [4.69, 9.17) is 4.74 Å². The van der Waals surface area contributed by atoms with Crippen molar-refractivity contribution in [1.82, 2.24) is 10.7 Å². The summed E-state index contributed by atoms with van der Waals surface area (Å²) in [6, 6.07) is 7.18. The molecule has 6 heteroatoms. The Morgan fingerprint density at radius 2 is 1.94 bits per heavy atom. The Balaban J connectivity index is 2.52. The Hall–Kier alpha value is -2.37. The SMILES string of the molecule is CCOc1ccc(/C=N/NC(=O)C(=O)NC)cc1. The Labute approximate surface area is 105 Å². The Morgan fingerprint density at radius 3 is 2.50 bits per heavy atom. The third kappa shape index (κ3) is 4.25.